The molecule has 1 N–H and O–H groups in total. The fourth-order valence-electron chi connectivity index (χ4n) is 2.61. The van der Waals surface area contributed by atoms with E-state index < -0.39 is 0 Å². The number of hydrogen-bond donors (Lipinski definition) is 1. The second-order valence-corrected chi connectivity index (χ2v) is 5.76. The molecular weight excluding hydrogens is 310 g/mol. The Bertz CT molecular complexity index is 774. The standard InChI is InChI=1S/C17H17N3O4/c1-11-3-2-4-16(18-11)24-13-8-20(9-13)17(21)19-12-5-6-14-15(7-12)23-10-22-14/h2-7,13H,8-10H2,1H3,(H,19,21). The second kappa shape index (κ2) is 5.92. The highest BCUT2D eigenvalue weighted by Gasteiger charge is 2.32. The highest BCUT2D eigenvalue weighted by atomic mass is 16.7. The van der Waals surface area contributed by atoms with Crippen LogP contribution in [0, 0.1) is 6.92 Å². The van der Waals surface area contributed by atoms with Gasteiger partial charge in [-0.25, -0.2) is 9.78 Å². The van der Waals surface area contributed by atoms with Crippen LogP contribution in [0.15, 0.2) is 36.4 Å². The van der Waals surface area contributed by atoms with Crippen LogP contribution in [0.3, 0.4) is 0 Å². The molecule has 0 bridgehead atoms. The SMILES string of the molecule is Cc1cccc(OC2CN(C(=O)Nc3ccc4c(c3)OCO4)C2)n1. The number of benzene rings is 1. The van der Waals surface area contributed by atoms with Crippen molar-refractivity contribution in [1.82, 2.24) is 9.88 Å². The lowest BCUT2D eigenvalue weighted by Crippen LogP contribution is -2.57. The third kappa shape index (κ3) is 2.92. The van der Waals surface area contributed by atoms with Gasteiger partial charge in [0.2, 0.25) is 12.7 Å². The minimum absolute atomic E-state index is 0.0261. The van der Waals surface area contributed by atoms with Crippen LogP contribution in [0.1, 0.15) is 5.69 Å². The van der Waals surface area contributed by atoms with Gasteiger partial charge >= 0.3 is 6.03 Å². The monoisotopic (exact) mass is 327 g/mol. The Kier molecular flexibility index (Phi) is 3.60. The minimum atomic E-state index is -0.161. The predicted octanol–water partition coefficient (Wildman–Crippen LogP) is 2.41. The lowest BCUT2D eigenvalue weighted by Gasteiger charge is -2.38. The Balaban J connectivity index is 1.30. The predicted molar refractivity (Wildman–Crippen MR) is 86.5 cm³/mol. The number of fused-ring (bicyclic) bond motifs is 1. The summed E-state index contributed by atoms with van der Waals surface area (Å²) in [5.74, 6) is 1.93. The van der Waals surface area contributed by atoms with Crippen molar-refractivity contribution in [2.75, 3.05) is 25.2 Å². The number of nitrogens with one attached hydrogen (secondary N) is 1. The molecule has 2 aromatic rings. The van der Waals surface area contributed by atoms with Gasteiger partial charge < -0.3 is 24.4 Å². The number of carbonyl (C=O) groups excluding carboxylic acids is 1. The van der Waals surface area contributed by atoms with Crippen molar-refractivity contribution in [3.63, 3.8) is 0 Å². The summed E-state index contributed by atoms with van der Waals surface area (Å²) in [5, 5.41) is 2.85. The van der Waals surface area contributed by atoms with E-state index in [1.807, 2.05) is 25.1 Å². The first-order chi connectivity index (χ1) is 11.7. The molecule has 1 aromatic carbocycles. The Morgan fingerprint density at radius 2 is 2.08 bits per heavy atom. The average Bonchev–Trinajstić information content (AvgIpc) is 2.98. The number of carbonyl (C=O) groups is 1. The van der Waals surface area contributed by atoms with E-state index in [9.17, 15) is 4.79 Å². The number of anilines is 1. The molecule has 0 radical (unpaired) electrons. The molecule has 2 amide bonds. The van der Waals surface area contributed by atoms with Gasteiger partial charge in [0.15, 0.2) is 11.5 Å². The molecule has 1 aromatic heterocycles. The number of rotatable bonds is 3. The molecule has 2 aliphatic heterocycles. The normalized spacial score (nSPS) is 15.8. The van der Waals surface area contributed by atoms with Crippen molar-refractivity contribution >= 4 is 11.7 Å². The van der Waals surface area contributed by atoms with Crippen LogP contribution in [-0.2, 0) is 0 Å². The molecule has 4 rings (SSSR count). The topological polar surface area (TPSA) is 72.9 Å². The summed E-state index contributed by atoms with van der Waals surface area (Å²) >= 11 is 0. The summed E-state index contributed by atoms with van der Waals surface area (Å²) in [4.78, 5) is 18.2. The maximum atomic E-state index is 12.2. The van der Waals surface area contributed by atoms with Gasteiger partial charge in [-0.2, -0.15) is 0 Å². The summed E-state index contributed by atoms with van der Waals surface area (Å²) in [7, 11) is 0. The van der Waals surface area contributed by atoms with Crippen LogP contribution < -0.4 is 19.5 Å². The van der Waals surface area contributed by atoms with Gasteiger partial charge in [-0.15, -0.1) is 0 Å². The Morgan fingerprint density at radius 3 is 2.92 bits per heavy atom. The molecule has 1 fully saturated rings. The molecule has 0 aliphatic carbocycles. The number of aryl methyl sites for hydroxylation is 1. The van der Waals surface area contributed by atoms with Crippen LogP contribution in [0.4, 0.5) is 10.5 Å². The summed E-state index contributed by atoms with van der Waals surface area (Å²) in [5.41, 5.74) is 1.58. The molecule has 7 nitrogen and oxygen atoms in total. The van der Waals surface area contributed by atoms with E-state index in [0.29, 0.717) is 36.2 Å². The molecule has 24 heavy (non-hydrogen) atoms. The summed E-state index contributed by atoms with van der Waals surface area (Å²) in [6, 6.07) is 10.8. The number of pyridine rings is 1. The first-order valence-electron chi connectivity index (χ1n) is 7.73. The maximum absolute atomic E-state index is 12.2. The van der Waals surface area contributed by atoms with Crippen LogP contribution in [-0.4, -0.2) is 41.9 Å². The molecular formula is C17H17N3O4. The van der Waals surface area contributed by atoms with Gasteiger partial charge in [0.1, 0.15) is 6.10 Å². The minimum Gasteiger partial charge on any atom is -0.471 e. The summed E-state index contributed by atoms with van der Waals surface area (Å²) in [6.07, 6.45) is -0.0261. The van der Waals surface area contributed by atoms with Crippen molar-refractivity contribution < 1.29 is 19.0 Å². The summed E-state index contributed by atoms with van der Waals surface area (Å²) in [6.45, 7) is 3.20. The van der Waals surface area contributed by atoms with Crippen LogP contribution in [0.2, 0.25) is 0 Å². The quantitative estimate of drug-likeness (QED) is 0.937. The van der Waals surface area contributed by atoms with Crippen molar-refractivity contribution in [1.29, 1.82) is 0 Å². The van der Waals surface area contributed by atoms with Crippen LogP contribution in [0.25, 0.3) is 0 Å². The molecule has 0 unspecified atom stereocenters. The Morgan fingerprint density at radius 1 is 1.25 bits per heavy atom. The average molecular weight is 327 g/mol. The molecule has 2 aliphatic rings. The van der Waals surface area contributed by atoms with Gasteiger partial charge in [0.05, 0.1) is 13.1 Å². The number of nitrogens with zero attached hydrogens (tertiary/aromatic N) is 2. The number of ether oxygens (including phenoxy) is 3. The fraction of sp³-hybridized carbons (Fsp3) is 0.294. The third-order valence-electron chi connectivity index (χ3n) is 3.91. The molecule has 1 saturated heterocycles. The number of aromatic nitrogens is 1. The van der Waals surface area contributed by atoms with Gasteiger partial charge in [-0.1, -0.05) is 6.07 Å². The van der Waals surface area contributed by atoms with Crippen LogP contribution in [0.5, 0.6) is 17.4 Å². The number of urea groups is 1. The van der Waals surface area contributed by atoms with Gasteiger partial charge in [-0.05, 0) is 25.1 Å². The van der Waals surface area contributed by atoms with Crippen molar-refractivity contribution in [3.05, 3.63) is 42.1 Å². The fourth-order valence-corrected chi connectivity index (χ4v) is 2.61. The van der Waals surface area contributed by atoms with Crippen LogP contribution >= 0.6 is 0 Å². The van der Waals surface area contributed by atoms with Gasteiger partial charge in [-0.3, -0.25) is 0 Å². The maximum Gasteiger partial charge on any atom is 0.322 e. The van der Waals surface area contributed by atoms with Gasteiger partial charge in [0.25, 0.3) is 0 Å². The van der Waals surface area contributed by atoms with Crippen molar-refractivity contribution in [2.45, 2.75) is 13.0 Å². The zero-order valence-electron chi connectivity index (χ0n) is 13.2. The largest absolute Gasteiger partial charge is 0.471 e. The van der Waals surface area contributed by atoms with E-state index in [-0.39, 0.29) is 18.9 Å². The Hall–Kier alpha value is -2.96. The first-order valence-corrected chi connectivity index (χ1v) is 7.73. The number of amides is 2. The number of likely N-dealkylation sites (tertiary alicyclic amines) is 1. The molecule has 0 saturated carbocycles. The van der Waals surface area contributed by atoms with E-state index in [1.165, 1.54) is 0 Å². The first kappa shape index (κ1) is 14.6. The number of hydrogen-bond acceptors (Lipinski definition) is 5. The molecule has 0 atom stereocenters. The van der Waals surface area contributed by atoms with E-state index in [2.05, 4.69) is 10.3 Å². The molecule has 7 heteroatoms. The highest BCUT2D eigenvalue weighted by molar-refractivity contribution is 5.90. The van der Waals surface area contributed by atoms with Crippen molar-refractivity contribution in [3.8, 4) is 17.4 Å². The lowest BCUT2D eigenvalue weighted by molar-refractivity contribution is 0.0460. The second-order valence-electron chi connectivity index (χ2n) is 5.76. The summed E-state index contributed by atoms with van der Waals surface area (Å²) < 4.78 is 16.3. The molecule has 124 valence electrons. The van der Waals surface area contributed by atoms with E-state index in [0.717, 1.165) is 5.69 Å². The lowest BCUT2D eigenvalue weighted by atomic mass is 10.2. The smallest absolute Gasteiger partial charge is 0.322 e. The van der Waals surface area contributed by atoms with Crippen molar-refractivity contribution in [2.24, 2.45) is 0 Å². The van der Waals surface area contributed by atoms with E-state index in [1.54, 1.807) is 23.1 Å². The van der Waals surface area contributed by atoms with E-state index >= 15 is 0 Å². The highest BCUT2D eigenvalue weighted by Crippen LogP contribution is 2.34. The van der Waals surface area contributed by atoms with E-state index in [4.69, 9.17) is 14.2 Å². The Labute approximate surface area is 139 Å². The van der Waals surface area contributed by atoms with Gasteiger partial charge in [0, 0.05) is 23.5 Å². The molecule has 3 heterocycles. The zero-order chi connectivity index (χ0) is 16.5. The zero-order valence-corrected chi connectivity index (χ0v) is 13.2. The molecule has 0 spiro atoms. The third-order valence-corrected chi connectivity index (χ3v) is 3.91.